The van der Waals surface area contributed by atoms with Crippen LogP contribution in [0.2, 0.25) is 5.02 Å². The van der Waals surface area contributed by atoms with Crippen LogP contribution in [0, 0.1) is 5.82 Å². The molecule has 34 heavy (non-hydrogen) atoms. The molecule has 0 atom stereocenters. The Balaban J connectivity index is 1.58. The molecule has 0 unspecified atom stereocenters. The molecule has 0 aliphatic heterocycles. The van der Waals surface area contributed by atoms with Crippen molar-refractivity contribution in [1.29, 1.82) is 0 Å². The Hall–Kier alpha value is -4.02. The first-order chi connectivity index (χ1) is 16.3. The average Bonchev–Trinajstić information content (AvgIpc) is 2.82. The molecular formula is C23H17ClFN5O3S. The molecule has 8 nitrogen and oxygen atoms in total. The summed E-state index contributed by atoms with van der Waals surface area (Å²) in [6, 6.07) is 17.4. The maximum Gasteiger partial charge on any atom is 0.264 e. The highest BCUT2D eigenvalue weighted by Crippen LogP contribution is 2.29. The Kier molecular flexibility index (Phi) is 6.71. The maximum atomic E-state index is 14.1. The standard InChI is InChI=1S/C23H17ClFN5O3S/c24-16-9-10-19(30-34(32,33)21-8-2-1-7-18(21)25)20(14-16)29-22(31)15-5-3-6-17(13-15)28-23-26-11-4-12-27-23/h1-14,30H,(H,29,31)(H,26,27,28). The van der Waals surface area contributed by atoms with Crippen LogP contribution in [-0.2, 0) is 10.0 Å². The molecule has 0 bridgehead atoms. The number of halogens is 2. The highest BCUT2D eigenvalue weighted by molar-refractivity contribution is 7.92. The van der Waals surface area contributed by atoms with Crippen LogP contribution in [0.25, 0.3) is 0 Å². The lowest BCUT2D eigenvalue weighted by molar-refractivity contribution is 0.102. The first-order valence-electron chi connectivity index (χ1n) is 9.84. The topological polar surface area (TPSA) is 113 Å². The average molecular weight is 498 g/mol. The zero-order valence-electron chi connectivity index (χ0n) is 17.4. The molecule has 11 heteroatoms. The third kappa shape index (κ3) is 5.48. The summed E-state index contributed by atoms with van der Waals surface area (Å²) in [5.41, 5.74) is 0.976. The Morgan fingerprint density at radius 3 is 2.41 bits per heavy atom. The highest BCUT2D eigenvalue weighted by Gasteiger charge is 2.21. The molecule has 1 amide bonds. The number of carbonyl (C=O) groups excluding carboxylic acids is 1. The van der Waals surface area contributed by atoms with Crippen LogP contribution in [-0.4, -0.2) is 24.3 Å². The number of rotatable bonds is 7. The van der Waals surface area contributed by atoms with E-state index in [0.29, 0.717) is 11.6 Å². The molecule has 1 aromatic heterocycles. The van der Waals surface area contributed by atoms with E-state index < -0.39 is 26.6 Å². The number of nitrogens with zero attached hydrogens (tertiary/aromatic N) is 2. The lowest BCUT2D eigenvalue weighted by Gasteiger charge is -2.15. The summed E-state index contributed by atoms with van der Waals surface area (Å²) in [5, 5.41) is 5.90. The summed E-state index contributed by atoms with van der Waals surface area (Å²) in [7, 11) is -4.26. The Bertz CT molecular complexity index is 1450. The van der Waals surface area contributed by atoms with Gasteiger partial charge in [-0.2, -0.15) is 0 Å². The van der Waals surface area contributed by atoms with Gasteiger partial charge in [0.15, 0.2) is 0 Å². The van der Waals surface area contributed by atoms with Crippen molar-refractivity contribution in [2.45, 2.75) is 4.90 Å². The molecule has 0 saturated heterocycles. The third-order valence-corrected chi connectivity index (χ3v) is 6.18. The zero-order chi connectivity index (χ0) is 24.1. The molecule has 1 heterocycles. The van der Waals surface area contributed by atoms with Gasteiger partial charge in [0.25, 0.3) is 15.9 Å². The number of aromatic nitrogens is 2. The fourth-order valence-corrected chi connectivity index (χ4v) is 4.33. The highest BCUT2D eigenvalue weighted by atomic mass is 35.5. The van der Waals surface area contributed by atoms with E-state index in [1.807, 2.05) is 0 Å². The van der Waals surface area contributed by atoms with Gasteiger partial charge < -0.3 is 10.6 Å². The van der Waals surface area contributed by atoms with E-state index >= 15 is 0 Å². The molecule has 4 rings (SSSR count). The van der Waals surface area contributed by atoms with Crippen molar-refractivity contribution in [3.63, 3.8) is 0 Å². The summed E-state index contributed by atoms with van der Waals surface area (Å²) in [5.74, 6) is -1.06. The predicted molar refractivity (Wildman–Crippen MR) is 128 cm³/mol. The first-order valence-corrected chi connectivity index (χ1v) is 11.7. The van der Waals surface area contributed by atoms with E-state index in [9.17, 15) is 17.6 Å². The minimum Gasteiger partial charge on any atom is -0.324 e. The van der Waals surface area contributed by atoms with E-state index in [2.05, 4.69) is 25.3 Å². The number of nitrogens with one attached hydrogen (secondary N) is 3. The molecule has 0 aliphatic rings. The van der Waals surface area contributed by atoms with Crippen LogP contribution in [0.5, 0.6) is 0 Å². The van der Waals surface area contributed by atoms with Gasteiger partial charge in [0.05, 0.1) is 11.4 Å². The van der Waals surface area contributed by atoms with Gasteiger partial charge in [0.1, 0.15) is 10.7 Å². The van der Waals surface area contributed by atoms with Crippen LogP contribution < -0.4 is 15.4 Å². The van der Waals surface area contributed by atoms with E-state index in [1.54, 1.807) is 42.7 Å². The van der Waals surface area contributed by atoms with Crippen molar-refractivity contribution in [2.24, 2.45) is 0 Å². The fraction of sp³-hybridized carbons (Fsp3) is 0. The normalized spacial score (nSPS) is 11.0. The molecule has 0 radical (unpaired) electrons. The quantitative estimate of drug-likeness (QED) is 0.329. The predicted octanol–water partition coefficient (Wildman–Crippen LogP) is 5.07. The number of amides is 1. The Morgan fingerprint density at radius 2 is 1.65 bits per heavy atom. The van der Waals surface area contributed by atoms with Crippen molar-refractivity contribution in [3.05, 3.63) is 102 Å². The zero-order valence-corrected chi connectivity index (χ0v) is 18.9. The number of hydrogen-bond donors (Lipinski definition) is 3. The number of benzene rings is 3. The SMILES string of the molecule is O=C(Nc1cc(Cl)ccc1NS(=O)(=O)c1ccccc1F)c1cccc(Nc2ncccn2)c1. The maximum absolute atomic E-state index is 14.1. The van der Waals surface area contributed by atoms with E-state index in [4.69, 9.17) is 11.6 Å². The van der Waals surface area contributed by atoms with E-state index in [-0.39, 0.29) is 22.0 Å². The molecule has 0 saturated carbocycles. The number of sulfonamides is 1. The lowest BCUT2D eigenvalue weighted by atomic mass is 10.1. The molecular weight excluding hydrogens is 481 g/mol. The van der Waals surface area contributed by atoms with Gasteiger partial charge in [-0.3, -0.25) is 9.52 Å². The summed E-state index contributed by atoms with van der Waals surface area (Å²) < 4.78 is 41.8. The summed E-state index contributed by atoms with van der Waals surface area (Å²) in [6.45, 7) is 0. The summed E-state index contributed by atoms with van der Waals surface area (Å²) >= 11 is 6.06. The van der Waals surface area contributed by atoms with Crippen molar-refractivity contribution in [3.8, 4) is 0 Å². The fourth-order valence-electron chi connectivity index (χ4n) is 3.00. The smallest absolute Gasteiger partial charge is 0.264 e. The van der Waals surface area contributed by atoms with Crippen molar-refractivity contribution < 1.29 is 17.6 Å². The largest absolute Gasteiger partial charge is 0.324 e. The van der Waals surface area contributed by atoms with Crippen LogP contribution in [0.1, 0.15) is 10.4 Å². The Labute approximate surface area is 199 Å². The van der Waals surface area contributed by atoms with E-state index in [1.165, 1.54) is 30.3 Å². The van der Waals surface area contributed by atoms with Crippen LogP contribution in [0.3, 0.4) is 0 Å². The molecule has 4 aromatic rings. The molecule has 0 fully saturated rings. The molecule has 0 aliphatic carbocycles. The number of hydrogen-bond acceptors (Lipinski definition) is 6. The second-order valence-electron chi connectivity index (χ2n) is 6.96. The van der Waals surface area contributed by atoms with Gasteiger partial charge in [-0.05, 0) is 54.6 Å². The van der Waals surface area contributed by atoms with Gasteiger partial charge in [-0.15, -0.1) is 0 Å². The minimum atomic E-state index is -4.26. The van der Waals surface area contributed by atoms with E-state index in [0.717, 1.165) is 12.1 Å². The van der Waals surface area contributed by atoms with Gasteiger partial charge in [0.2, 0.25) is 5.95 Å². The molecule has 0 spiro atoms. The first kappa shape index (κ1) is 23.1. The molecule has 172 valence electrons. The number of anilines is 4. The van der Waals surface area contributed by atoms with Crippen molar-refractivity contribution in [1.82, 2.24) is 9.97 Å². The van der Waals surface area contributed by atoms with Gasteiger partial charge in [-0.1, -0.05) is 29.8 Å². The molecule has 3 aromatic carbocycles. The van der Waals surface area contributed by atoms with Gasteiger partial charge in [0, 0.05) is 28.7 Å². The second kappa shape index (κ2) is 9.86. The van der Waals surface area contributed by atoms with Crippen molar-refractivity contribution in [2.75, 3.05) is 15.4 Å². The van der Waals surface area contributed by atoms with Gasteiger partial charge >= 0.3 is 0 Å². The lowest BCUT2D eigenvalue weighted by Crippen LogP contribution is -2.18. The van der Waals surface area contributed by atoms with Crippen LogP contribution in [0.15, 0.2) is 90.1 Å². The minimum absolute atomic E-state index is 0.0213. The third-order valence-electron chi connectivity index (χ3n) is 4.55. The Morgan fingerprint density at radius 1 is 0.882 bits per heavy atom. The van der Waals surface area contributed by atoms with Crippen molar-refractivity contribution >= 4 is 50.5 Å². The number of carbonyl (C=O) groups is 1. The van der Waals surface area contributed by atoms with Gasteiger partial charge in [-0.25, -0.2) is 22.8 Å². The molecule has 3 N–H and O–H groups in total. The van der Waals surface area contributed by atoms with Crippen LogP contribution in [0.4, 0.5) is 27.4 Å². The summed E-state index contributed by atoms with van der Waals surface area (Å²) in [6.07, 6.45) is 3.16. The second-order valence-corrected chi connectivity index (χ2v) is 9.05. The summed E-state index contributed by atoms with van der Waals surface area (Å²) in [4.78, 5) is 20.5. The monoisotopic (exact) mass is 497 g/mol. The van der Waals surface area contributed by atoms with Crippen LogP contribution >= 0.6 is 11.6 Å².